The molecule has 2 nitrogen and oxygen atoms in total. The number of aromatic nitrogens is 2. The third-order valence-corrected chi connectivity index (χ3v) is 3.97. The zero-order valence-electron chi connectivity index (χ0n) is 10.5. The Labute approximate surface area is 121 Å². The Kier molecular flexibility index (Phi) is 3.17. The van der Waals surface area contributed by atoms with E-state index in [9.17, 15) is 0 Å². The molecular weight excluding hydrogens is 276 g/mol. The number of imidazole rings is 1. The zero-order chi connectivity index (χ0) is 13.4. The highest BCUT2D eigenvalue weighted by Crippen LogP contribution is 2.22. The maximum atomic E-state index is 6.23. The van der Waals surface area contributed by atoms with Crippen molar-refractivity contribution in [2.75, 3.05) is 0 Å². The van der Waals surface area contributed by atoms with Gasteiger partial charge in [0.15, 0.2) is 4.77 Å². The number of aromatic amines is 1. The molecule has 0 radical (unpaired) electrons. The van der Waals surface area contributed by atoms with Gasteiger partial charge in [0.05, 0.1) is 17.6 Å². The number of hydrogen-bond donors (Lipinski definition) is 1. The average molecular weight is 289 g/mol. The predicted octanol–water partition coefficient (Wildman–Crippen LogP) is 4.71. The number of rotatable bonds is 2. The standard InChI is InChI=1S/C15H13ClN2S/c1-10-5-4-8-13-14(10)18(15(19)17-13)9-11-6-2-3-7-12(11)16/h2-8H,9H2,1H3,(H,17,19). The van der Waals surface area contributed by atoms with E-state index >= 15 is 0 Å². The fourth-order valence-electron chi connectivity index (χ4n) is 2.35. The van der Waals surface area contributed by atoms with E-state index in [1.165, 1.54) is 5.56 Å². The Balaban J connectivity index is 2.19. The molecule has 1 N–H and O–H groups in total. The van der Waals surface area contributed by atoms with Gasteiger partial charge >= 0.3 is 0 Å². The first-order chi connectivity index (χ1) is 9.16. The van der Waals surface area contributed by atoms with E-state index in [-0.39, 0.29) is 0 Å². The molecule has 0 saturated carbocycles. The van der Waals surface area contributed by atoms with Crippen LogP contribution in [0.15, 0.2) is 42.5 Å². The molecule has 2 aromatic carbocycles. The summed E-state index contributed by atoms with van der Waals surface area (Å²) in [5, 5.41) is 0.771. The molecule has 1 heterocycles. The van der Waals surface area contributed by atoms with E-state index in [1.807, 2.05) is 36.4 Å². The summed E-state index contributed by atoms with van der Waals surface area (Å²) >= 11 is 11.6. The molecule has 19 heavy (non-hydrogen) atoms. The van der Waals surface area contributed by atoms with E-state index < -0.39 is 0 Å². The smallest absolute Gasteiger partial charge is 0.178 e. The minimum Gasteiger partial charge on any atom is -0.331 e. The molecule has 1 aromatic heterocycles. The normalized spacial score (nSPS) is 11.1. The van der Waals surface area contributed by atoms with Gasteiger partial charge in [-0.25, -0.2) is 0 Å². The van der Waals surface area contributed by atoms with Crippen molar-refractivity contribution in [2.24, 2.45) is 0 Å². The molecule has 0 unspecified atom stereocenters. The number of fused-ring (bicyclic) bond motifs is 1. The Hall–Kier alpha value is -1.58. The zero-order valence-corrected chi connectivity index (χ0v) is 12.1. The maximum absolute atomic E-state index is 6.23. The maximum Gasteiger partial charge on any atom is 0.178 e. The summed E-state index contributed by atoms with van der Waals surface area (Å²) in [4.78, 5) is 3.24. The number of para-hydroxylation sites is 1. The van der Waals surface area contributed by atoms with Crippen molar-refractivity contribution in [1.29, 1.82) is 0 Å². The van der Waals surface area contributed by atoms with Crippen LogP contribution in [-0.4, -0.2) is 9.55 Å². The number of halogens is 1. The Morgan fingerprint density at radius 3 is 2.74 bits per heavy atom. The molecule has 0 fully saturated rings. The number of hydrogen-bond acceptors (Lipinski definition) is 1. The van der Waals surface area contributed by atoms with Crippen LogP contribution in [0.1, 0.15) is 11.1 Å². The lowest BCUT2D eigenvalue weighted by Crippen LogP contribution is -2.01. The SMILES string of the molecule is Cc1cccc2[nH]c(=S)n(Cc3ccccc3Cl)c12. The topological polar surface area (TPSA) is 20.7 Å². The van der Waals surface area contributed by atoms with Gasteiger partial charge in [-0.1, -0.05) is 41.9 Å². The minimum absolute atomic E-state index is 0.684. The summed E-state index contributed by atoms with van der Waals surface area (Å²) in [5.74, 6) is 0. The quantitative estimate of drug-likeness (QED) is 0.677. The van der Waals surface area contributed by atoms with Crippen molar-refractivity contribution in [2.45, 2.75) is 13.5 Å². The first-order valence-corrected chi connectivity index (χ1v) is 6.87. The molecule has 96 valence electrons. The number of benzene rings is 2. The highest BCUT2D eigenvalue weighted by molar-refractivity contribution is 7.71. The van der Waals surface area contributed by atoms with Crippen LogP contribution in [0.5, 0.6) is 0 Å². The number of nitrogens with zero attached hydrogens (tertiary/aromatic N) is 1. The summed E-state index contributed by atoms with van der Waals surface area (Å²) < 4.78 is 2.82. The van der Waals surface area contributed by atoms with Gasteiger partial charge in [0, 0.05) is 5.02 Å². The molecule has 3 aromatic rings. The monoisotopic (exact) mass is 288 g/mol. The van der Waals surface area contributed by atoms with Crippen molar-refractivity contribution in [3.05, 3.63) is 63.4 Å². The summed E-state index contributed by atoms with van der Waals surface area (Å²) in [6, 6.07) is 14.0. The summed E-state index contributed by atoms with van der Waals surface area (Å²) in [6.45, 7) is 2.78. The van der Waals surface area contributed by atoms with Gasteiger partial charge in [0.25, 0.3) is 0 Å². The van der Waals surface area contributed by atoms with E-state index in [4.69, 9.17) is 23.8 Å². The van der Waals surface area contributed by atoms with Crippen molar-refractivity contribution >= 4 is 34.9 Å². The summed E-state index contributed by atoms with van der Waals surface area (Å²) in [5.41, 5.74) is 4.49. The third kappa shape index (κ3) is 2.20. The van der Waals surface area contributed by atoms with Gasteiger partial charge in [-0.2, -0.15) is 0 Å². The van der Waals surface area contributed by atoms with Crippen molar-refractivity contribution in [3.63, 3.8) is 0 Å². The van der Waals surface area contributed by atoms with Crippen LogP contribution in [-0.2, 0) is 6.54 Å². The Morgan fingerprint density at radius 2 is 1.95 bits per heavy atom. The average Bonchev–Trinajstić information content (AvgIpc) is 2.70. The van der Waals surface area contributed by atoms with Crippen molar-refractivity contribution in [1.82, 2.24) is 9.55 Å². The van der Waals surface area contributed by atoms with Crippen LogP contribution in [0.4, 0.5) is 0 Å². The molecule has 0 saturated heterocycles. The highest BCUT2D eigenvalue weighted by Gasteiger charge is 2.08. The van der Waals surface area contributed by atoms with Gasteiger partial charge in [0.2, 0.25) is 0 Å². The van der Waals surface area contributed by atoms with Gasteiger partial charge in [-0.15, -0.1) is 0 Å². The molecule has 3 rings (SSSR count). The fourth-order valence-corrected chi connectivity index (χ4v) is 2.81. The molecule has 0 aliphatic rings. The molecular formula is C15H13ClN2S. The van der Waals surface area contributed by atoms with Gasteiger partial charge < -0.3 is 9.55 Å². The lowest BCUT2D eigenvalue weighted by Gasteiger charge is -2.08. The second-order valence-electron chi connectivity index (χ2n) is 4.58. The number of aryl methyl sites for hydroxylation is 1. The predicted molar refractivity (Wildman–Crippen MR) is 82.4 cm³/mol. The number of nitrogens with one attached hydrogen (secondary N) is 1. The first-order valence-electron chi connectivity index (χ1n) is 6.08. The van der Waals surface area contributed by atoms with Crippen LogP contribution in [0.25, 0.3) is 11.0 Å². The molecule has 0 atom stereocenters. The van der Waals surface area contributed by atoms with Crippen molar-refractivity contribution in [3.8, 4) is 0 Å². The van der Waals surface area contributed by atoms with E-state index in [1.54, 1.807) is 0 Å². The van der Waals surface area contributed by atoms with Crippen LogP contribution in [0.2, 0.25) is 5.02 Å². The van der Waals surface area contributed by atoms with Gasteiger partial charge in [-0.3, -0.25) is 0 Å². The third-order valence-electron chi connectivity index (χ3n) is 3.28. The molecule has 0 spiro atoms. The Morgan fingerprint density at radius 1 is 1.16 bits per heavy atom. The van der Waals surface area contributed by atoms with Gasteiger partial charge in [0.1, 0.15) is 0 Å². The van der Waals surface area contributed by atoms with Crippen LogP contribution < -0.4 is 0 Å². The molecule has 0 aliphatic heterocycles. The lowest BCUT2D eigenvalue weighted by atomic mass is 10.2. The highest BCUT2D eigenvalue weighted by atomic mass is 35.5. The van der Waals surface area contributed by atoms with E-state index in [0.29, 0.717) is 6.54 Å². The minimum atomic E-state index is 0.684. The summed E-state index contributed by atoms with van der Waals surface area (Å²) in [7, 11) is 0. The summed E-state index contributed by atoms with van der Waals surface area (Å²) in [6.07, 6.45) is 0. The second kappa shape index (κ2) is 4.83. The second-order valence-corrected chi connectivity index (χ2v) is 5.37. The van der Waals surface area contributed by atoms with Gasteiger partial charge in [-0.05, 0) is 42.4 Å². The molecule has 0 aliphatic carbocycles. The molecule has 0 bridgehead atoms. The van der Waals surface area contributed by atoms with Crippen LogP contribution in [0.3, 0.4) is 0 Å². The fraction of sp³-hybridized carbons (Fsp3) is 0.133. The van der Waals surface area contributed by atoms with Crippen LogP contribution in [0, 0.1) is 11.7 Å². The van der Waals surface area contributed by atoms with Crippen molar-refractivity contribution < 1.29 is 0 Å². The molecule has 0 amide bonds. The van der Waals surface area contributed by atoms with E-state index in [2.05, 4.69) is 22.5 Å². The van der Waals surface area contributed by atoms with E-state index in [0.717, 1.165) is 26.4 Å². The number of H-pyrrole nitrogens is 1. The first kappa shape index (κ1) is 12.5. The van der Waals surface area contributed by atoms with Crippen LogP contribution >= 0.6 is 23.8 Å². The lowest BCUT2D eigenvalue weighted by molar-refractivity contribution is 0.808. The molecule has 4 heteroatoms. The Bertz CT molecular complexity index is 801. The largest absolute Gasteiger partial charge is 0.331 e.